The lowest BCUT2D eigenvalue weighted by molar-refractivity contribution is 0.101. The van der Waals surface area contributed by atoms with Crippen LogP contribution in [0.25, 0.3) is 6.08 Å². The van der Waals surface area contributed by atoms with Crippen molar-refractivity contribution in [2.24, 2.45) is 0 Å². The van der Waals surface area contributed by atoms with Gasteiger partial charge in [-0.25, -0.2) is 4.39 Å². The monoisotopic (exact) mass is 316 g/mol. The van der Waals surface area contributed by atoms with E-state index in [1.807, 2.05) is 6.26 Å². The number of phenols is 1. The number of phenolic OH excluding ortho intramolecular Hbond substituents is 1. The van der Waals surface area contributed by atoms with E-state index >= 15 is 0 Å². The minimum atomic E-state index is -0.818. The van der Waals surface area contributed by atoms with Gasteiger partial charge in [-0.2, -0.15) is 0 Å². The molecule has 0 unspecified atom stereocenters. The summed E-state index contributed by atoms with van der Waals surface area (Å²) in [5.74, 6) is -1.27. The van der Waals surface area contributed by atoms with E-state index < -0.39 is 11.6 Å². The number of benzene rings is 2. The van der Waals surface area contributed by atoms with Crippen molar-refractivity contribution in [1.82, 2.24) is 0 Å². The predicted octanol–water partition coefficient (Wildman–Crippen LogP) is 4.92. The third-order valence-corrected chi connectivity index (χ3v) is 4.12. The van der Waals surface area contributed by atoms with Crippen molar-refractivity contribution >= 4 is 23.6 Å². The van der Waals surface area contributed by atoms with Gasteiger partial charge in [0.1, 0.15) is 5.75 Å². The fraction of sp³-hybridized carbons (Fsp3) is 0.167. The van der Waals surface area contributed by atoms with Crippen LogP contribution in [0.1, 0.15) is 27.0 Å². The Labute approximate surface area is 133 Å². The van der Waals surface area contributed by atoms with E-state index in [1.54, 1.807) is 62.0 Å². The highest BCUT2D eigenvalue weighted by molar-refractivity contribution is 7.98. The number of ketones is 1. The van der Waals surface area contributed by atoms with Crippen LogP contribution in [-0.4, -0.2) is 17.1 Å². The van der Waals surface area contributed by atoms with Crippen LogP contribution in [0.15, 0.2) is 47.1 Å². The molecule has 0 atom stereocenters. The lowest BCUT2D eigenvalue weighted by atomic mass is 10.0. The van der Waals surface area contributed by atoms with Crippen LogP contribution in [-0.2, 0) is 0 Å². The van der Waals surface area contributed by atoms with Gasteiger partial charge >= 0.3 is 0 Å². The van der Waals surface area contributed by atoms with Gasteiger partial charge in [0.05, 0.1) is 0 Å². The summed E-state index contributed by atoms with van der Waals surface area (Å²) < 4.78 is 14.2. The van der Waals surface area contributed by atoms with Crippen molar-refractivity contribution in [2.45, 2.75) is 18.7 Å². The summed E-state index contributed by atoms with van der Waals surface area (Å²) in [5, 5.41) is 9.72. The number of allylic oxidation sites excluding steroid dienone is 1. The molecular weight excluding hydrogens is 299 g/mol. The van der Waals surface area contributed by atoms with Crippen LogP contribution in [0.3, 0.4) is 0 Å². The third-order valence-electron chi connectivity index (χ3n) is 3.38. The number of thioether (sulfide) groups is 1. The van der Waals surface area contributed by atoms with Gasteiger partial charge in [0.15, 0.2) is 5.83 Å². The van der Waals surface area contributed by atoms with E-state index in [0.717, 1.165) is 4.90 Å². The molecule has 0 aliphatic carbocycles. The lowest BCUT2D eigenvalue weighted by Crippen LogP contribution is -1.99. The van der Waals surface area contributed by atoms with Crippen LogP contribution in [0.5, 0.6) is 5.75 Å². The van der Waals surface area contributed by atoms with Gasteiger partial charge in [0.25, 0.3) is 0 Å². The number of rotatable bonds is 4. The highest BCUT2D eigenvalue weighted by Gasteiger charge is 2.12. The van der Waals surface area contributed by atoms with Gasteiger partial charge in [0, 0.05) is 10.5 Å². The highest BCUT2D eigenvalue weighted by atomic mass is 32.2. The molecule has 0 amide bonds. The normalized spacial score (nSPS) is 11.5. The number of aryl methyl sites for hydroxylation is 2. The Balaban J connectivity index is 2.29. The molecule has 1 N–H and O–H groups in total. The molecular formula is C18H17FO2S. The van der Waals surface area contributed by atoms with E-state index in [-0.39, 0.29) is 5.75 Å². The summed E-state index contributed by atoms with van der Waals surface area (Å²) in [7, 11) is 0. The number of carbonyl (C=O) groups excluding carboxylic acids is 1. The molecule has 22 heavy (non-hydrogen) atoms. The summed E-state index contributed by atoms with van der Waals surface area (Å²) in [6.07, 6.45) is 3.14. The molecule has 0 aliphatic rings. The summed E-state index contributed by atoms with van der Waals surface area (Å²) in [6, 6.07) is 10.1. The zero-order valence-corrected chi connectivity index (χ0v) is 13.5. The maximum absolute atomic E-state index is 14.2. The molecule has 0 saturated heterocycles. The smallest absolute Gasteiger partial charge is 0.221 e. The fourth-order valence-corrected chi connectivity index (χ4v) is 2.57. The van der Waals surface area contributed by atoms with Crippen molar-refractivity contribution in [3.8, 4) is 5.75 Å². The Kier molecular flexibility index (Phi) is 5.03. The van der Waals surface area contributed by atoms with Crippen molar-refractivity contribution in [2.75, 3.05) is 6.26 Å². The molecule has 2 aromatic carbocycles. The first-order valence-corrected chi connectivity index (χ1v) is 8.01. The topological polar surface area (TPSA) is 37.3 Å². The first-order chi connectivity index (χ1) is 10.4. The minimum Gasteiger partial charge on any atom is -0.507 e. The summed E-state index contributed by atoms with van der Waals surface area (Å²) in [4.78, 5) is 13.1. The number of carbonyl (C=O) groups is 1. The number of aromatic hydroxyl groups is 1. The molecule has 2 rings (SSSR count). The zero-order valence-electron chi connectivity index (χ0n) is 12.7. The maximum atomic E-state index is 14.2. The quantitative estimate of drug-likeness (QED) is 0.494. The first-order valence-electron chi connectivity index (χ1n) is 6.78. The van der Waals surface area contributed by atoms with E-state index in [1.165, 1.54) is 6.08 Å². The number of Topliss-reactive ketones (excluding diaryl/α,β-unsaturated/α-hetero) is 1. The number of hydrogen-bond acceptors (Lipinski definition) is 3. The molecule has 0 saturated carbocycles. The number of hydrogen-bond donors (Lipinski definition) is 1. The molecule has 0 bridgehead atoms. The predicted molar refractivity (Wildman–Crippen MR) is 89.2 cm³/mol. The van der Waals surface area contributed by atoms with E-state index in [4.69, 9.17) is 0 Å². The zero-order chi connectivity index (χ0) is 16.3. The molecule has 2 aromatic rings. The second-order valence-electron chi connectivity index (χ2n) is 5.05. The second kappa shape index (κ2) is 6.79. The molecule has 0 heterocycles. The molecule has 0 radical (unpaired) electrons. The summed E-state index contributed by atoms with van der Waals surface area (Å²) in [5.41, 5.74) is 2.17. The van der Waals surface area contributed by atoms with Crippen LogP contribution in [0.2, 0.25) is 0 Å². The van der Waals surface area contributed by atoms with Crippen molar-refractivity contribution in [3.63, 3.8) is 0 Å². The molecule has 0 aromatic heterocycles. The van der Waals surface area contributed by atoms with Gasteiger partial charge in [-0.05, 0) is 79.3 Å². The van der Waals surface area contributed by atoms with Crippen LogP contribution < -0.4 is 0 Å². The standard InChI is InChI=1S/C18H17FO2S/c1-11-8-13(9-12(2)17(11)20)10-16(19)18(21)14-4-6-15(22-3)7-5-14/h4-10,20H,1-3H3/b16-10-. The largest absolute Gasteiger partial charge is 0.507 e. The van der Waals surface area contributed by atoms with Crippen LogP contribution in [0, 0.1) is 13.8 Å². The fourth-order valence-electron chi connectivity index (χ4n) is 2.16. The molecule has 0 fully saturated rings. The van der Waals surface area contributed by atoms with Crippen LogP contribution in [0.4, 0.5) is 4.39 Å². The Morgan fingerprint density at radius 2 is 1.68 bits per heavy atom. The maximum Gasteiger partial charge on any atom is 0.221 e. The average molecular weight is 316 g/mol. The van der Waals surface area contributed by atoms with Gasteiger partial charge in [0.2, 0.25) is 5.78 Å². The summed E-state index contributed by atoms with van der Waals surface area (Å²) >= 11 is 1.56. The minimum absolute atomic E-state index is 0.191. The highest BCUT2D eigenvalue weighted by Crippen LogP contribution is 2.25. The SMILES string of the molecule is CSc1ccc(C(=O)/C(F)=C/c2cc(C)c(O)c(C)c2)cc1. The lowest BCUT2D eigenvalue weighted by Gasteiger charge is -2.05. The Hall–Kier alpha value is -2.07. The van der Waals surface area contributed by atoms with E-state index in [0.29, 0.717) is 22.3 Å². The van der Waals surface area contributed by atoms with Crippen LogP contribution >= 0.6 is 11.8 Å². The molecule has 114 valence electrons. The van der Waals surface area contributed by atoms with Gasteiger partial charge < -0.3 is 5.11 Å². The van der Waals surface area contributed by atoms with Gasteiger partial charge in [-0.1, -0.05) is 0 Å². The van der Waals surface area contributed by atoms with E-state index in [9.17, 15) is 14.3 Å². The number of halogens is 1. The van der Waals surface area contributed by atoms with Crippen molar-refractivity contribution < 1.29 is 14.3 Å². The average Bonchev–Trinajstić information content (AvgIpc) is 2.51. The first kappa shape index (κ1) is 16.3. The van der Waals surface area contributed by atoms with Crippen molar-refractivity contribution in [1.29, 1.82) is 0 Å². The Bertz CT molecular complexity index is 710. The Morgan fingerprint density at radius 3 is 2.18 bits per heavy atom. The summed E-state index contributed by atoms with van der Waals surface area (Å²) in [6.45, 7) is 3.47. The van der Waals surface area contributed by atoms with Gasteiger partial charge in [-0.3, -0.25) is 4.79 Å². The van der Waals surface area contributed by atoms with E-state index in [2.05, 4.69) is 0 Å². The second-order valence-corrected chi connectivity index (χ2v) is 5.93. The Morgan fingerprint density at radius 1 is 1.14 bits per heavy atom. The molecule has 0 aliphatic heterocycles. The van der Waals surface area contributed by atoms with Gasteiger partial charge in [-0.15, -0.1) is 11.8 Å². The van der Waals surface area contributed by atoms with Crippen molar-refractivity contribution in [3.05, 3.63) is 64.5 Å². The molecule has 4 heteroatoms. The third kappa shape index (κ3) is 3.57. The molecule has 0 spiro atoms. The molecule has 2 nitrogen and oxygen atoms in total.